The first-order valence-electron chi connectivity index (χ1n) is 8.20. The molecule has 0 aliphatic heterocycles. The van der Waals surface area contributed by atoms with E-state index in [0.29, 0.717) is 5.54 Å². The van der Waals surface area contributed by atoms with Gasteiger partial charge >= 0.3 is 0 Å². The van der Waals surface area contributed by atoms with E-state index in [1.165, 1.54) is 45.4 Å². The number of halogens is 2. The van der Waals surface area contributed by atoms with Crippen LogP contribution in [-0.4, -0.2) is 36.6 Å². The van der Waals surface area contributed by atoms with Gasteiger partial charge in [0.1, 0.15) is 0 Å². The van der Waals surface area contributed by atoms with Crippen molar-refractivity contribution in [2.24, 2.45) is 17.8 Å². The molecule has 0 aromatic carbocycles. The molecule has 0 aromatic heterocycles. The molecule has 4 rings (SSSR count). The molecule has 4 saturated carbocycles. The van der Waals surface area contributed by atoms with Gasteiger partial charge in [-0.05, 0) is 69.4 Å². The van der Waals surface area contributed by atoms with Crippen molar-refractivity contribution < 1.29 is 0 Å². The molecule has 0 aromatic rings. The Hall–Kier alpha value is 0.500. The normalized spacial score (nSPS) is 37.6. The van der Waals surface area contributed by atoms with Gasteiger partial charge in [0.15, 0.2) is 0 Å². The minimum absolute atomic E-state index is 0. The van der Waals surface area contributed by atoms with Crippen molar-refractivity contribution in [3.8, 4) is 0 Å². The molecule has 0 spiro atoms. The highest BCUT2D eigenvalue weighted by atomic mass is 35.5. The summed E-state index contributed by atoms with van der Waals surface area (Å²) in [6, 6.07) is 0. The van der Waals surface area contributed by atoms with E-state index in [9.17, 15) is 0 Å². The van der Waals surface area contributed by atoms with Gasteiger partial charge in [-0.3, -0.25) is 0 Å². The maximum atomic E-state index is 3.98. The van der Waals surface area contributed by atoms with Crippen LogP contribution in [0.2, 0.25) is 0 Å². The van der Waals surface area contributed by atoms with Crippen LogP contribution < -0.4 is 5.32 Å². The maximum Gasteiger partial charge on any atom is 0.0190 e. The molecule has 4 heteroatoms. The van der Waals surface area contributed by atoms with Gasteiger partial charge in [-0.25, -0.2) is 0 Å². The van der Waals surface area contributed by atoms with Crippen molar-refractivity contribution in [2.45, 2.75) is 57.9 Å². The summed E-state index contributed by atoms with van der Waals surface area (Å²) >= 11 is 0. The van der Waals surface area contributed by atoms with Crippen molar-refractivity contribution in [3.63, 3.8) is 0 Å². The van der Waals surface area contributed by atoms with Gasteiger partial charge in [-0.1, -0.05) is 13.8 Å². The van der Waals surface area contributed by atoms with Crippen LogP contribution >= 0.6 is 24.8 Å². The summed E-state index contributed by atoms with van der Waals surface area (Å²) < 4.78 is 0. The van der Waals surface area contributed by atoms with Crippen LogP contribution in [0.4, 0.5) is 0 Å². The topological polar surface area (TPSA) is 15.3 Å². The van der Waals surface area contributed by atoms with Crippen molar-refractivity contribution >= 4 is 24.8 Å². The fourth-order valence-electron chi connectivity index (χ4n) is 5.35. The molecule has 0 radical (unpaired) electrons. The van der Waals surface area contributed by atoms with E-state index >= 15 is 0 Å². The second kappa shape index (κ2) is 7.67. The standard InChI is InChI=1S/C16H30N2.2ClH/c1-3-18(4-2)6-5-17-16-10-13-7-14(11-16)9-15(8-13)12-16;;/h13-15,17H,3-12H2,1-2H3;2*1H. The van der Waals surface area contributed by atoms with E-state index in [1.807, 2.05) is 0 Å². The van der Waals surface area contributed by atoms with Crippen LogP contribution in [0.5, 0.6) is 0 Å². The zero-order chi connectivity index (χ0) is 12.6. The summed E-state index contributed by atoms with van der Waals surface area (Å²) in [6.07, 6.45) is 9.11. The summed E-state index contributed by atoms with van der Waals surface area (Å²) in [5.41, 5.74) is 0.557. The lowest BCUT2D eigenvalue weighted by atomic mass is 9.53. The molecule has 0 saturated heterocycles. The van der Waals surface area contributed by atoms with E-state index < -0.39 is 0 Å². The number of nitrogens with one attached hydrogen (secondary N) is 1. The number of rotatable bonds is 6. The van der Waals surface area contributed by atoms with Gasteiger partial charge in [0.05, 0.1) is 0 Å². The molecule has 0 unspecified atom stereocenters. The smallest absolute Gasteiger partial charge is 0.0190 e. The monoisotopic (exact) mass is 322 g/mol. The van der Waals surface area contributed by atoms with Crippen molar-refractivity contribution in [2.75, 3.05) is 26.2 Å². The van der Waals surface area contributed by atoms with Gasteiger partial charge in [0, 0.05) is 18.6 Å². The third-order valence-corrected chi connectivity index (χ3v) is 5.86. The van der Waals surface area contributed by atoms with Crippen molar-refractivity contribution in [1.82, 2.24) is 10.2 Å². The molecule has 20 heavy (non-hydrogen) atoms. The Bertz CT molecular complexity index is 257. The molecular formula is C16H32Cl2N2. The van der Waals surface area contributed by atoms with Gasteiger partial charge in [0.25, 0.3) is 0 Å². The summed E-state index contributed by atoms with van der Waals surface area (Å²) in [5.74, 6) is 3.20. The molecule has 4 aliphatic rings. The molecule has 2 nitrogen and oxygen atoms in total. The fourth-order valence-corrected chi connectivity index (χ4v) is 5.35. The summed E-state index contributed by atoms with van der Waals surface area (Å²) in [7, 11) is 0. The van der Waals surface area contributed by atoms with Gasteiger partial charge in [-0.15, -0.1) is 24.8 Å². The molecule has 1 N–H and O–H groups in total. The Morgan fingerprint density at radius 3 is 1.75 bits per heavy atom. The lowest BCUT2D eigenvalue weighted by molar-refractivity contribution is -0.0202. The first-order chi connectivity index (χ1) is 8.73. The molecule has 0 atom stereocenters. The highest BCUT2D eigenvalue weighted by molar-refractivity contribution is 5.85. The second-order valence-corrected chi connectivity index (χ2v) is 7.15. The van der Waals surface area contributed by atoms with Gasteiger partial charge in [-0.2, -0.15) is 0 Å². The number of hydrogen-bond donors (Lipinski definition) is 1. The SMILES string of the molecule is CCN(CC)CCNC12CC3CC(CC(C3)C1)C2.Cl.Cl. The maximum absolute atomic E-state index is 3.98. The zero-order valence-electron chi connectivity index (χ0n) is 13.1. The first-order valence-corrected chi connectivity index (χ1v) is 8.20. The highest BCUT2D eigenvalue weighted by Crippen LogP contribution is 2.55. The Morgan fingerprint density at radius 2 is 1.35 bits per heavy atom. The lowest BCUT2D eigenvalue weighted by Crippen LogP contribution is -2.59. The quantitative estimate of drug-likeness (QED) is 0.801. The van der Waals surface area contributed by atoms with Crippen LogP contribution in [0, 0.1) is 17.8 Å². The largest absolute Gasteiger partial charge is 0.310 e. The average Bonchev–Trinajstić information content (AvgIpc) is 2.33. The van der Waals surface area contributed by atoms with E-state index in [0.717, 1.165) is 17.8 Å². The minimum Gasteiger partial charge on any atom is -0.310 e. The van der Waals surface area contributed by atoms with Crippen LogP contribution in [0.1, 0.15) is 52.4 Å². The van der Waals surface area contributed by atoms with E-state index in [1.54, 1.807) is 19.3 Å². The summed E-state index contributed by atoms with van der Waals surface area (Å²) in [5, 5.41) is 3.98. The van der Waals surface area contributed by atoms with E-state index in [2.05, 4.69) is 24.1 Å². The van der Waals surface area contributed by atoms with Crippen molar-refractivity contribution in [3.05, 3.63) is 0 Å². The Labute approximate surface area is 137 Å². The Balaban J connectivity index is 0.000001000. The fraction of sp³-hybridized carbons (Fsp3) is 1.00. The molecular weight excluding hydrogens is 291 g/mol. The summed E-state index contributed by atoms with van der Waals surface area (Å²) in [6.45, 7) is 9.36. The van der Waals surface area contributed by atoms with Gasteiger partial charge < -0.3 is 10.2 Å². The molecule has 0 amide bonds. The van der Waals surface area contributed by atoms with E-state index in [-0.39, 0.29) is 24.8 Å². The predicted octanol–water partition coefficient (Wildman–Crippen LogP) is 3.73. The lowest BCUT2D eigenvalue weighted by Gasteiger charge is -2.57. The van der Waals surface area contributed by atoms with Crippen LogP contribution in [-0.2, 0) is 0 Å². The highest BCUT2D eigenvalue weighted by Gasteiger charge is 2.50. The van der Waals surface area contributed by atoms with Crippen molar-refractivity contribution in [1.29, 1.82) is 0 Å². The second-order valence-electron chi connectivity index (χ2n) is 7.15. The Morgan fingerprint density at radius 1 is 0.900 bits per heavy atom. The third kappa shape index (κ3) is 3.82. The summed E-state index contributed by atoms with van der Waals surface area (Å²) in [4.78, 5) is 2.54. The minimum atomic E-state index is 0. The molecule has 120 valence electrons. The number of likely N-dealkylation sites (N-methyl/N-ethyl adjacent to an activating group) is 1. The number of nitrogens with zero attached hydrogens (tertiary/aromatic N) is 1. The molecule has 4 fully saturated rings. The van der Waals surface area contributed by atoms with Crippen LogP contribution in [0.25, 0.3) is 0 Å². The predicted molar refractivity (Wildman–Crippen MR) is 91.2 cm³/mol. The molecule has 4 bridgehead atoms. The van der Waals surface area contributed by atoms with Crippen LogP contribution in [0.3, 0.4) is 0 Å². The Kier molecular flexibility index (Phi) is 7.11. The molecule has 0 heterocycles. The van der Waals surface area contributed by atoms with Crippen LogP contribution in [0.15, 0.2) is 0 Å². The zero-order valence-corrected chi connectivity index (χ0v) is 14.7. The average molecular weight is 323 g/mol. The molecule has 4 aliphatic carbocycles. The van der Waals surface area contributed by atoms with E-state index in [4.69, 9.17) is 0 Å². The third-order valence-electron chi connectivity index (χ3n) is 5.86. The first kappa shape index (κ1) is 18.5. The number of hydrogen-bond acceptors (Lipinski definition) is 2. The van der Waals surface area contributed by atoms with Gasteiger partial charge in [0.2, 0.25) is 0 Å².